The Bertz CT molecular complexity index is 692. The minimum atomic E-state index is -0.880. The number of esters is 1. The molecule has 0 aliphatic rings. The fraction of sp³-hybridized carbons (Fsp3) is 0.389. The summed E-state index contributed by atoms with van der Waals surface area (Å²) in [5.41, 5.74) is 3.22. The largest absolute Gasteiger partial charge is 0.448 e. The average Bonchev–Trinajstić information content (AvgIpc) is 3.03. The Morgan fingerprint density at radius 1 is 1.29 bits per heavy atom. The fourth-order valence-electron chi connectivity index (χ4n) is 2.18. The zero-order valence-electron chi connectivity index (χ0n) is 14.3. The van der Waals surface area contributed by atoms with E-state index >= 15 is 0 Å². The molecule has 2 aromatic rings. The van der Waals surface area contributed by atoms with E-state index in [0.29, 0.717) is 6.54 Å². The zero-order valence-corrected chi connectivity index (χ0v) is 14.3. The third-order valence-electron chi connectivity index (χ3n) is 3.60. The quantitative estimate of drug-likeness (QED) is 0.765. The van der Waals surface area contributed by atoms with E-state index in [1.54, 1.807) is 13.0 Å². The van der Waals surface area contributed by atoms with Gasteiger partial charge in [-0.3, -0.25) is 9.89 Å². The fourth-order valence-corrected chi connectivity index (χ4v) is 2.18. The van der Waals surface area contributed by atoms with Gasteiger partial charge in [0.05, 0.1) is 0 Å². The number of nitrogens with zero attached hydrogens (tertiary/aromatic N) is 1. The lowest BCUT2D eigenvalue weighted by atomic mass is 10.1. The molecule has 1 heterocycles. The molecule has 1 amide bonds. The third kappa shape index (κ3) is 4.94. The van der Waals surface area contributed by atoms with Crippen LogP contribution in [0.5, 0.6) is 0 Å². The van der Waals surface area contributed by atoms with Crippen molar-refractivity contribution in [2.45, 2.75) is 46.3 Å². The molecule has 0 aliphatic heterocycles. The van der Waals surface area contributed by atoms with Crippen LogP contribution in [0.3, 0.4) is 0 Å². The Hall–Kier alpha value is -2.63. The molecule has 0 spiro atoms. The summed E-state index contributed by atoms with van der Waals surface area (Å²) in [5, 5.41) is 9.46. The Labute approximate surface area is 141 Å². The Balaban J connectivity index is 1.83. The average molecular weight is 329 g/mol. The normalized spacial score (nSPS) is 11.8. The van der Waals surface area contributed by atoms with Gasteiger partial charge in [-0.15, -0.1) is 0 Å². The molecule has 0 radical (unpaired) electrons. The number of carbonyl (C=O) groups excluding carboxylic acids is 2. The summed E-state index contributed by atoms with van der Waals surface area (Å²) in [6.45, 7) is 5.98. The molecule has 6 nitrogen and oxygen atoms in total. The molecule has 0 fully saturated rings. The Morgan fingerprint density at radius 2 is 2.00 bits per heavy atom. The van der Waals surface area contributed by atoms with E-state index in [4.69, 9.17) is 4.74 Å². The van der Waals surface area contributed by atoms with Crippen LogP contribution in [0.1, 0.15) is 47.6 Å². The molecule has 0 saturated heterocycles. The first-order valence-corrected chi connectivity index (χ1v) is 8.08. The summed E-state index contributed by atoms with van der Waals surface area (Å²) in [4.78, 5) is 24.0. The van der Waals surface area contributed by atoms with Gasteiger partial charge in [-0.1, -0.05) is 43.2 Å². The molecule has 6 heteroatoms. The highest BCUT2D eigenvalue weighted by Gasteiger charge is 2.20. The Kier molecular flexibility index (Phi) is 6.12. The predicted molar refractivity (Wildman–Crippen MR) is 90.5 cm³/mol. The molecular formula is C18H23N3O3. The van der Waals surface area contributed by atoms with Crippen molar-refractivity contribution in [3.05, 3.63) is 52.8 Å². The van der Waals surface area contributed by atoms with E-state index in [2.05, 4.69) is 15.5 Å². The van der Waals surface area contributed by atoms with Crippen LogP contribution in [-0.4, -0.2) is 28.2 Å². The van der Waals surface area contributed by atoms with Crippen LogP contribution in [-0.2, 0) is 22.5 Å². The monoisotopic (exact) mass is 329 g/mol. The lowest BCUT2D eigenvalue weighted by Crippen LogP contribution is -2.35. The van der Waals surface area contributed by atoms with Crippen molar-refractivity contribution in [1.82, 2.24) is 15.5 Å². The number of benzene rings is 1. The number of nitrogens with one attached hydrogen (secondary N) is 2. The molecule has 24 heavy (non-hydrogen) atoms. The molecule has 2 rings (SSSR count). The number of aryl methyl sites for hydroxylation is 2. The standard InChI is InChI=1S/C18H23N3O3/c1-4-5-15-10-16(21-20-15)18(23)24-13(3)17(22)19-11-14-8-6-12(2)7-9-14/h6-10,13H,4-5,11H2,1-3H3,(H,19,22)(H,20,21). The molecule has 0 bridgehead atoms. The SMILES string of the molecule is CCCc1cc(C(=O)OC(C)C(=O)NCc2ccc(C)cc2)n[nH]1. The van der Waals surface area contributed by atoms with Gasteiger partial charge >= 0.3 is 5.97 Å². The third-order valence-corrected chi connectivity index (χ3v) is 3.60. The van der Waals surface area contributed by atoms with E-state index in [1.807, 2.05) is 38.1 Å². The van der Waals surface area contributed by atoms with Gasteiger partial charge in [-0.05, 0) is 31.9 Å². The van der Waals surface area contributed by atoms with Crippen LogP contribution in [0.4, 0.5) is 0 Å². The van der Waals surface area contributed by atoms with Gasteiger partial charge in [0.25, 0.3) is 5.91 Å². The topological polar surface area (TPSA) is 84.1 Å². The van der Waals surface area contributed by atoms with Crippen molar-refractivity contribution < 1.29 is 14.3 Å². The summed E-state index contributed by atoms with van der Waals surface area (Å²) in [6.07, 6.45) is 0.885. The number of hydrogen-bond donors (Lipinski definition) is 2. The summed E-state index contributed by atoms with van der Waals surface area (Å²) < 4.78 is 5.16. The highest BCUT2D eigenvalue weighted by molar-refractivity contribution is 5.90. The minimum absolute atomic E-state index is 0.191. The molecular weight excluding hydrogens is 306 g/mol. The van der Waals surface area contributed by atoms with Gasteiger partial charge in [0.15, 0.2) is 11.8 Å². The maximum absolute atomic E-state index is 12.0. The Morgan fingerprint density at radius 3 is 2.67 bits per heavy atom. The van der Waals surface area contributed by atoms with E-state index in [-0.39, 0.29) is 11.6 Å². The van der Waals surface area contributed by atoms with Gasteiger partial charge in [-0.25, -0.2) is 4.79 Å². The second kappa shape index (κ2) is 8.29. The molecule has 128 valence electrons. The summed E-state index contributed by atoms with van der Waals surface area (Å²) in [6, 6.07) is 9.52. The molecule has 1 unspecified atom stereocenters. The highest BCUT2D eigenvalue weighted by Crippen LogP contribution is 2.07. The van der Waals surface area contributed by atoms with E-state index in [1.165, 1.54) is 0 Å². The second-order valence-corrected chi connectivity index (χ2v) is 5.78. The maximum Gasteiger partial charge on any atom is 0.359 e. The number of carbonyl (C=O) groups is 2. The minimum Gasteiger partial charge on any atom is -0.448 e. The molecule has 1 aromatic heterocycles. The molecule has 0 aliphatic carbocycles. The van der Waals surface area contributed by atoms with Gasteiger partial charge in [-0.2, -0.15) is 5.10 Å². The first-order valence-electron chi connectivity index (χ1n) is 8.08. The number of hydrogen-bond acceptors (Lipinski definition) is 4. The number of amides is 1. The molecule has 0 saturated carbocycles. The van der Waals surface area contributed by atoms with Gasteiger partial charge in [0.2, 0.25) is 0 Å². The van der Waals surface area contributed by atoms with Crippen molar-refractivity contribution in [1.29, 1.82) is 0 Å². The maximum atomic E-state index is 12.0. The lowest BCUT2D eigenvalue weighted by molar-refractivity contribution is -0.129. The van der Waals surface area contributed by atoms with Crippen molar-refractivity contribution >= 4 is 11.9 Å². The molecule has 1 aromatic carbocycles. The van der Waals surface area contributed by atoms with E-state index < -0.39 is 12.1 Å². The molecule has 2 N–H and O–H groups in total. The smallest absolute Gasteiger partial charge is 0.359 e. The van der Waals surface area contributed by atoms with Crippen molar-refractivity contribution in [2.75, 3.05) is 0 Å². The van der Waals surface area contributed by atoms with Gasteiger partial charge < -0.3 is 10.1 Å². The van der Waals surface area contributed by atoms with Gasteiger partial charge in [0, 0.05) is 12.2 Å². The van der Waals surface area contributed by atoms with Crippen molar-refractivity contribution in [3.8, 4) is 0 Å². The first-order chi connectivity index (χ1) is 11.5. The van der Waals surface area contributed by atoms with Crippen LogP contribution < -0.4 is 5.32 Å². The highest BCUT2D eigenvalue weighted by atomic mass is 16.5. The summed E-state index contributed by atoms with van der Waals surface area (Å²) in [5.74, 6) is -0.945. The van der Waals surface area contributed by atoms with Crippen LogP contribution in [0, 0.1) is 6.92 Å². The van der Waals surface area contributed by atoms with Crippen LogP contribution >= 0.6 is 0 Å². The summed E-state index contributed by atoms with van der Waals surface area (Å²) in [7, 11) is 0. The van der Waals surface area contributed by atoms with Crippen LogP contribution in [0.25, 0.3) is 0 Å². The predicted octanol–water partition coefficient (Wildman–Crippen LogP) is 2.53. The van der Waals surface area contributed by atoms with Crippen molar-refractivity contribution in [3.63, 3.8) is 0 Å². The number of ether oxygens (including phenoxy) is 1. The number of aromatic amines is 1. The second-order valence-electron chi connectivity index (χ2n) is 5.78. The van der Waals surface area contributed by atoms with Crippen LogP contribution in [0.2, 0.25) is 0 Å². The molecule has 1 atom stereocenters. The van der Waals surface area contributed by atoms with Crippen molar-refractivity contribution in [2.24, 2.45) is 0 Å². The summed E-state index contributed by atoms with van der Waals surface area (Å²) >= 11 is 0. The first kappa shape index (κ1) is 17.7. The lowest BCUT2D eigenvalue weighted by Gasteiger charge is -2.12. The zero-order chi connectivity index (χ0) is 17.5. The van der Waals surface area contributed by atoms with E-state index in [9.17, 15) is 9.59 Å². The van der Waals surface area contributed by atoms with Gasteiger partial charge in [0.1, 0.15) is 0 Å². The van der Waals surface area contributed by atoms with Crippen LogP contribution in [0.15, 0.2) is 30.3 Å². The number of aromatic nitrogens is 2. The van der Waals surface area contributed by atoms with E-state index in [0.717, 1.165) is 29.7 Å². The number of H-pyrrole nitrogens is 1. The number of rotatable bonds is 7.